The maximum Gasteiger partial charge on any atom is 0.328 e. The van der Waals surface area contributed by atoms with E-state index in [1.165, 1.54) is 63.0 Å². The lowest BCUT2D eigenvalue weighted by atomic mass is 10.2. The zero-order valence-electron chi connectivity index (χ0n) is 18.3. The molecule has 0 aliphatic carbocycles. The first-order valence-electron chi connectivity index (χ1n) is 10.4. The summed E-state index contributed by atoms with van der Waals surface area (Å²) >= 11 is 0. The lowest BCUT2D eigenvalue weighted by Crippen LogP contribution is -2.22. The van der Waals surface area contributed by atoms with E-state index in [4.69, 9.17) is 24.8 Å². The molecular weight excluding hydrogens is 436 g/mol. The molecule has 2 saturated heterocycles. The molecule has 0 amide bonds. The lowest BCUT2D eigenvalue weighted by Gasteiger charge is -2.17. The smallest absolute Gasteiger partial charge is 0.328 e. The largest absolute Gasteiger partial charge is 0.478 e. The number of likely N-dealkylation sites (tertiary alicyclic amines) is 2. The van der Waals surface area contributed by atoms with Crippen molar-refractivity contribution in [2.45, 2.75) is 38.8 Å². The van der Waals surface area contributed by atoms with Crippen LogP contribution in [-0.4, -0.2) is 80.3 Å². The van der Waals surface area contributed by atoms with Crippen LogP contribution >= 0.6 is 0 Å². The van der Waals surface area contributed by atoms with Gasteiger partial charge in [0, 0.05) is 48.5 Å². The van der Waals surface area contributed by atoms with Gasteiger partial charge in [0.25, 0.3) is 0 Å². The van der Waals surface area contributed by atoms with Gasteiger partial charge in [0.2, 0.25) is 0 Å². The minimum atomic E-state index is -1.26. The van der Waals surface area contributed by atoms with E-state index >= 15 is 0 Å². The predicted octanol–water partition coefficient (Wildman–Crippen LogP) is 1.89. The molecule has 0 radical (unpaired) electrons. The molecule has 33 heavy (non-hydrogen) atoms. The topological polar surface area (TPSA) is 169 Å². The average Bonchev–Trinajstić information content (AvgIpc) is 3.51. The average molecular weight is 466 g/mol. The summed E-state index contributed by atoms with van der Waals surface area (Å²) < 4.78 is 5.41. The van der Waals surface area contributed by atoms with Crippen molar-refractivity contribution < 1.29 is 44.0 Å². The lowest BCUT2D eigenvalue weighted by molar-refractivity contribution is -0.134. The third-order valence-electron chi connectivity index (χ3n) is 4.76. The van der Waals surface area contributed by atoms with E-state index in [1.807, 2.05) is 12.5 Å². The summed E-state index contributed by atoms with van der Waals surface area (Å²) in [4.78, 5) is 43.3. The number of carbonyl (C=O) groups is 4. The summed E-state index contributed by atoms with van der Waals surface area (Å²) in [5.41, 5.74) is 2.80. The van der Waals surface area contributed by atoms with Crippen molar-refractivity contribution in [3.63, 3.8) is 0 Å². The van der Waals surface area contributed by atoms with Crippen LogP contribution in [0, 0.1) is 0 Å². The monoisotopic (exact) mass is 466 g/mol. The van der Waals surface area contributed by atoms with Gasteiger partial charge in [0.15, 0.2) is 0 Å². The van der Waals surface area contributed by atoms with Crippen LogP contribution in [0.5, 0.6) is 0 Å². The van der Waals surface area contributed by atoms with Crippen LogP contribution in [0.1, 0.15) is 36.8 Å². The van der Waals surface area contributed by atoms with Crippen LogP contribution in [0.4, 0.5) is 0 Å². The molecule has 0 aromatic carbocycles. The van der Waals surface area contributed by atoms with Crippen molar-refractivity contribution in [3.05, 3.63) is 48.0 Å². The quantitative estimate of drug-likeness (QED) is 0.413. The summed E-state index contributed by atoms with van der Waals surface area (Å²) in [6.45, 7) is 7.20. The van der Waals surface area contributed by atoms with Crippen molar-refractivity contribution in [1.29, 1.82) is 0 Å². The molecule has 0 saturated carbocycles. The number of aliphatic carboxylic acids is 4. The van der Waals surface area contributed by atoms with Crippen LogP contribution in [-0.2, 0) is 32.3 Å². The maximum atomic E-state index is 9.55. The van der Waals surface area contributed by atoms with E-state index in [1.54, 1.807) is 0 Å². The highest BCUT2D eigenvalue weighted by molar-refractivity contribution is 5.90. The number of furan rings is 1. The first kappa shape index (κ1) is 27.6. The number of carboxylic acid groups (broad SMARTS) is 4. The summed E-state index contributed by atoms with van der Waals surface area (Å²) in [5.74, 6) is -5.03. The first-order chi connectivity index (χ1) is 15.7. The Kier molecular flexibility index (Phi) is 12.9. The molecule has 2 aliphatic rings. The summed E-state index contributed by atoms with van der Waals surface area (Å²) in [7, 11) is 0. The Morgan fingerprint density at radius 1 is 0.636 bits per heavy atom. The molecule has 0 spiro atoms. The molecule has 2 aliphatic heterocycles. The fraction of sp³-hybridized carbons (Fsp3) is 0.455. The molecule has 182 valence electrons. The van der Waals surface area contributed by atoms with Gasteiger partial charge in [-0.2, -0.15) is 0 Å². The van der Waals surface area contributed by atoms with Gasteiger partial charge in [-0.25, -0.2) is 19.2 Å². The van der Waals surface area contributed by atoms with Gasteiger partial charge in [0.05, 0.1) is 12.5 Å². The van der Waals surface area contributed by atoms with Crippen LogP contribution in [0.2, 0.25) is 0 Å². The van der Waals surface area contributed by atoms with Gasteiger partial charge in [-0.1, -0.05) is 0 Å². The summed E-state index contributed by atoms with van der Waals surface area (Å²) in [5, 5.41) is 31.2. The number of rotatable bonds is 8. The second kappa shape index (κ2) is 15.4. The van der Waals surface area contributed by atoms with Crippen LogP contribution in [0.15, 0.2) is 41.2 Å². The minimum absolute atomic E-state index is 0.558. The molecule has 0 unspecified atom stereocenters. The van der Waals surface area contributed by atoms with Crippen LogP contribution in [0.3, 0.4) is 0 Å². The summed E-state index contributed by atoms with van der Waals surface area (Å²) in [6, 6.07) is 0. The molecule has 11 nitrogen and oxygen atoms in total. The Morgan fingerprint density at radius 2 is 0.909 bits per heavy atom. The van der Waals surface area contributed by atoms with Crippen molar-refractivity contribution in [2.75, 3.05) is 26.2 Å². The molecule has 0 atom stereocenters. The van der Waals surface area contributed by atoms with E-state index in [2.05, 4.69) is 9.80 Å². The van der Waals surface area contributed by atoms with Gasteiger partial charge in [-0.05, 0) is 51.9 Å². The highest BCUT2D eigenvalue weighted by atomic mass is 16.4. The molecule has 11 heteroatoms. The maximum absolute atomic E-state index is 9.55. The van der Waals surface area contributed by atoms with Gasteiger partial charge >= 0.3 is 23.9 Å². The molecule has 1 aromatic rings. The van der Waals surface area contributed by atoms with Gasteiger partial charge in [0.1, 0.15) is 0 Å². The van der Waals surface area contributed by atoms with Gasteiger partial charge in [-0.15, -0.1) is 0 Å². The molecule has 2 fully saturated rings. The Hall–Kier alpha value is -3.44. The van der Waals surface area contributed by atoms with E-state index in [0.717, 1.165) is 13.1 Å². The van der Waals surface area contributed by atoms with Crippen molar-refractivity contribution in [2.24, 2.45) is 0 Å². The highest BCUT2D eigenvalue weighted by Crippen LogP contribution is 2.20. The Morgan fingerprint density at radius 3 is 1.15 bits per heavy atom. The van der Waals surface area contributed by atoms with E-state index in [-0.39, 0.29) is 0 Å². The van der Waals surface area contributed by atoms with Crippen molar-refractivity contribution in [3.8, 4) is 0 Å². The molecule has 1 aromatic heterocycles. The highest BCUT2D eigenvalue weighted by Gasteiger charge is 2.18. The molecule has 0 bridgehead atoms. The Bertz CT molecular complexity index is 734. The molecule has 3 rings (SSSR count). The number of carboxylic acids is 4. The fourth-order valence-electron chi connectivity index (χ4n) is 3.28. The second-order valence-corrected chi connectivity index (χ2v) is 7.41. The summed E-state index contributed by atoms with van der Waals surface area (Å²) in [6.07, 6.45) is 11.6. The first-order valence-corrected chi connectivity index (χ1v) is 10.4. The molecular formula is C22H30N2O9. The number of nitrogens with zero attached hydrogens (tertiary/aromatic N) is 2. The third-order valence-corrected chi connectivity index (χ3v) is 4.76. The van der Waals surface area contributed by atoms with E-state index in [0.29, 0.717) is 24.3 Å². The van der Waals surface area contributed by atoms with Gasteiger partial charge in [-0.3, -0.25) is 9.80 Å². The van der Waals surface area contributed by atoms with Crippen LogP contribution < -0.4 is 0 Å². The van der Waals surface area contributed by atoms with E-state index in [9.17, 15) is 19.2 Å². The standard InChI is InChI=1S/C14H22N2O.2C4H4O4/c1-2-6-15(5-1)9-13-11-17-12-14(13)10-16-7-3-4-8-16;2*5-3(6)1-2-4(7)8/h11-12H,1-10H2;2*1-2H,(H,5,6)(H,7,8)/b;2*2-1-. The molecule has 3 heterocycles. The number of hydrogen-bond donors (Lipinski definition) is 4. The normalized spacial score (nSPS) is 16.2. The van der Waals surface area contributed by atoms with Crippen LogP contribution in [0.25, 0.3) is 0 Å². The van der Waals surface area contributed by atoms with Gasteiger partial charge < -0.3 is 24.8 Å². The molecule has 4 N–H and O–H groups in total. The number of hydrogen-bond acceptors (Lipinski definition) is 7. The Balaban J connectivity index is 0.000000288. The third kappa shape index (κ3) is 13.6. The fourth-order valence-corrected chi connectivity index (χ4v) is 3.28. The second-order valence-electron chi connectivity index (χ2n) is 7.41. The predicted molar refractivity (Wildman–Crippen MR) is 117 cm³/mol. The zero-order chi connectivity index (χ0) is 24.6. The van der Waals surface area contributed by atoms with Crippen molar-refractivity contribution in [1.82, 2.24) is 9.80 Å². The zero-order valence-corrected chi connectivity index (χ0v) is 18.3. The SMILES string of the molecule is O=C(O)/C=C\C(=O)O.O=C(O)/C=C\C(=O)O.c1occ(CN2CCCC2)c1CN1CCCC1. The Labute approximate surface area is 191 Å². The minimum Gasteiger partial charge on any atom is -0.478 e. The van der Waals surface area contributed by atoms with E-state index < -0.39 is 23.9 Å². The van der Waals surface area contributed by atoms with Crippen molar-refractivity contribution >= 4 is 23.9 Å².